The average molecular weight is 388 g/mol. The van der Waals surface area contributed by atoms with Crippen molar-refractivity contribution in [2.24, 2.45) is 0 Å². The molecule has 0 aliphatic carbocycles. The fraction of sp³-hybridized carbons (Fsp3) is 0.357. The Balaban J connectivity index is 1.74. The van der Waals surface area contributed by atoms with Crippen molar-refractivity contribution in [2.75, 3.05) is 18.4 Å². The summed E-state index contributed by atoms with van der Waals surface area (Å²) in [6.45, 7) is 1.17. The number of carbonyl (C=O) groups is 2. The summed E-state index contributed by atoms with van der Waals surface area (Å²) in [5, 5.41) is 9.33. The number of nitrogens with one attached hydrogen (secondary N) is 3. The zero-order valence-electron chi connectivity index (χ0n) is 13.6. The van der Waals surface area contributed by atoms with Gasteiger partial charge in [0.05, 0.1) is 6.54 Å². The number of amides is 3. The number of aryl methyl sites for hydroxylation is 1. The SMILES string of the molecule is Cc1cc(C(F)(F)F)nc(CCNC(=O)NCC(=O)Nc2nccs2)n1. The Morgan fingerprint density at radius 1 is 1.23 bits per heavy atom. The maximum Gasteiger partial charge on any atom is 0.433 e. The molecule has 8 nitrogen and oxygen atoms in total. The van der Waals surface area contributed by atoms with Crippen LogP contribution in [0.1, 0.15) is 17.2 Å². The number of anilines is 1. The van der Waals surface area contributed by atoms with Crippen molar-refractivity contribution in [3.63, 3.8) is 0 Å². The minimum atomic E-state index is -4.56. The van der Waals surface area contributed by atoms with Gasteiger partial charge in [-0.25, -0.2) is 19.7 Å². The molecule has 0 unspecified atom stereocenters. The molecule has 0 aliphatic heterocycles. The van der Waals surface area contributed by atoms with Crippen LogP contribution in [0.3, 0.4) is 0 Å². The van der Waals surface area contributed by atoms with Crippen molar-refractivity contribution >= 4 is 28.4 Å². The van der Waals surface area contributed by atoms with Gasteiger partial charge in [0.1, 0.15) is 11.5 Å². The number of hydrogen-bond donors (Lipinski definition) is 3. The van der Waals surface area contributed by atoms with Gasteiger partial charge in [-0.1, -0.05) is 0 Å². The van der Waals surface area contributed by atoms with E-state index in [1.54, 1.807) is 5.38 Å². The van der Waals surface area contributed by atoms with Gasteiger partial charge in [-0.3, -0.25) is 4.79 Å². The maximum absolute atomic E-state index is 12.7. The summed E-state index contributed by atoms with van der Waals surface area (Å²) < 4.78 is 38.1. The van der Waals surface area contributed by atoms with Gasteiger partial charge in [0.25, 0.3) is 0 Å². The molecule has 0 aliphatic rings. The number of rotatable bonds is 6. The Labute approximate surface area is 150 Å². The van der Waals surface area contributed by atoms with E-state index in [1.165, 1.54) is 24.5 Å². The highest BCUT2D eigenvalue weighted by atomic mass is 32.1. The monoisotopic (exact) mass is 388 g/mol. The number of aromatic nitrogens is 3. The molecule has 3 amide bonds. The molecule has 0 aromatic carbocycles. The number of thiazole rings is 1. The van der Waals surface area contributed by atoms with Gasteiger partial charge in [0.15, 0.2) is 5.13 Å². The van der Waals surface area contributed by atoms with Crippen LogP contribution < -0.4 is 16.0 Å². The predicted molar refractivity (Wildman–Crippen MR) is 87.6 cm³/mol. The number of hydrogen-bond acceptors (Lipinski definition) is 6. The molecule has 2 heterocycles. The third-order valence-electron chi connectivity index (χ3n) is 2.91. The van der Waals surface area contributed by atoms with Crippen molar-refractivity contribution < 1.29 is 22.8 Å². The standard InChI is InChI=1S/C14H15F3N6O2S/c1-8-6-9(14(15,16)17)22-10(21-8)2-3-18-12(25)20-7-11(24)23-13-19-4-5-26-13/h4-6H,2-3,7H2,1H3,(H2,18,20,25)(H,19,23,24). The topological polar surface area (TPSA) is 109 Å². The van der Waals surface area contributed by atoms with E-state index in [-0.39, 0.29) is 31.0 Å². The van der Waals surface area contributed by atoms with E-state index in [9.17, 15) is 22.8 Å². The molecule has 3 N–H and O–H groups in total. The van der Waals surface area contributed by atoms with Crippen LogP contribution in [0.15, 0.2) is 17.6 Å². The molecule has 2 aromatic rings. The Hall–Kier alpha value is -2.76. The molecule has 12 heteroatoms. The number of urea groups is 1. The first-order chi connectivity index (χ1) is 12.2. The van der Waals surface area contributed by atoms with Crippen molar-refractivity contribution in [2.45, 2.75) is 19.5 Å². The summed E-state index contributed by atoms with van der Waals surface area (Å²) in [6.07, 6.45) is -3.01. The molecule has 2 rings (SSSR count). The van der Waals surface area contributed by atoms with Gasteiger partial charge < -0.3 is 16.0 Å². The molecule has 140 valence electrons. The van der Waals surface area contributed by atoms with Crippen LogP contribution >= 0.6 is 11.3 Å². The third-order valence-corrected chi connectivity index (χ3v) is 3.60. The van der Waals surface area contributed by atoms with E-state index in [1.807, 2.05) is 0 Å². The number of nitrogens with zero attached hydrogens (tertiary/aromatic N) is 3. The lowest BCUT2D eigenvalue weighted by atomic mass is 10.3. The fourth-order valence-electron chi connectivity index (χ4n) is 1.85. The molecule has 0 saturated carbocycles. The van der Waals surface area contributed by atoms with Crippen LogP contribution in [-0.4, -0.2) is 40.0 Å². The van der Waals surface area contributed by atoms with E-state index in [2.05, 4.69) is 30.9 Å². The van der Waals surface area contributed by atoms with Crippen molar-refractivity contribution in [1.82, 2.24) is 25.6 Å². The second kappa shape index (κ2) is 8.56. The molecule has 26 heavy (non-hydrogen) atoms. The molecule has 0 atom stereocenters. The highest BCUT2D eigenvalue weighted by Crippen LogP contribution is 2.27. The molecule has 2 aromatic heterocycles. The second-order valence-corrected chi connectivity index (χ2v) is 5.95. The van der Waals surface area contributed by atoms with E-state index < -0.39 is 23.8 Å². The first-order valence-electron chi connectivity index (χ1n) is 7.37. The van der Waals surface area contributed by atoms with Crippen LogP contribution in [-0.2, 0) is 17.4 Å². The van der Waals surface area contributed by atoms with E-state index in [0.717, 1.165) is 6.07 Å². The molecular weight excluding hydrogens is 373 g/mol. The minimum absolute atomic E-state index is 0.0146. The molecule has 0 saturated heterocycles. The zero-order chi connectivity index (χ0) is 19.2. The second-order valence-electron chi connectivity index (χ2n) is 5.05. The quantitative estimate of drug-likeness (QED) is 0.699. The van der Waals surface area contributed by atoms with Crippen LogP contribution in [0.2, 0.25) is 0 Å². The van der Waals surface area contributed by atoms with Gasteiger partial charge in [0.2, 0.25) is 5.91 Å². The lowest BCUT2D eigenvalue weighted by molar-refractivity contribution is -0.141. The van der Waals surface area contributed by atoms with Crippen LogP contribution in [0, 0.1) is 6.92 Å². The summed E-state index contributed by atoms with van der Waals surface area (Å²) in [7, 11) is 0. The Morgan fingerprint density at radius 3 is 2.65 bits per heavy atom. The Kier molecular flexibility index (Phi) is 6.44. The van der Waals surface area contributed by atoms with Crippen LogP contribution in [0.5, 0.6) is 0 Å². The number of alkyl halides is 3. The normalized spacial score (nSPS) is 11.1. The summed E-state index contributed by atoms with van der Waals surface area (Å²) in [6, 6.07) is 0.216. The maximum atomic E-state index is 12.7. The summed E-state index contributed by atoms with van der Waals surface area (Å²) >= 11 is 1.24. The van der Waals surface area contributed by atoms with Crippen molar-refractivity contribution in [3.8, 4) is 0 Å². The highest BCUT2D eigenvalue weighted by Gasteiger charge is 2.33. The van der Waals surface area contributed by atoms with Crippen molar-refractivity contribution in [3.05, 3.63) is 34.9 Å². The lowest BCUT2D eigenvalue weighted by Crippen LogP contribution is -2.40. The number of halogens is 3. The lowest BCUT2D eigenvalue weighted by Gasteiger charge is -2.10. The van der Waals surface area contributed by atoms with Gasteiger partial charge in [-0.15, -0.1) is 11.3 Å². The molecule has 0 radical (unpaired) electrons. The highest BCUT2D eigenvalue weighted by molar-refractivity contribution is 7.13. The van der Waals surface area contributed by atoms with Crippen LogP contribution in [0.25, 0.3) is 0 Å². The summed E-state index contributed by atoms with van der Waals surface area (Å²) in [5.41, 5.74) is -0.839. The van der Waals surface area contributed by atoms with Gasteiger partial charge in [-0.2, -0.15) is 13.2 Å². The van der Waals surface area contributed by atoms with Gasteiger partial charge in [0, 0.05) is 30.2 Å². The van der Waals surface area contributed by atoms with E-state index in [0.29, 0.717) is 5.13 Å². The smallest absolute Gasteiger partial charge is 0.338 e. The van der Waals surface area contributed by atoms with Gasteiger partial charge in [-0.05, 0) is 13.0 Å². The first kappa shape index (κ1) is 19.6. The summed E-state index contributed by atoms with van der Waals surface area (Å²) in [4.78, 5) is 34.4. The fourth-order valence-corrected chi connectivity index (χ4v) is 2.39. The zero-order valence-corrected chi connectivity index (χ0v) is 14.4. The first-order valence-corrected chi connectivity index (χ1v) is 8.25. The molecule has 0 spiro atoms. The largest absolute Gasteiger partial charge is 0.433 e. The Bertz CT molecular complexity index is 767. The third kappa shape index (κ3) is 6.27. The minimum Gasteiger partial charge on any atom is -0.338 e. The molecular formula is C14H15F3N6O2S. The number of carbonyl (C=O) groups excluding carboxylic acids is 2. The van der Waals surface area contributed by atoms with E-state index >= 15 is 0 Å². The Morgan fingerprint density at radius 2 is 2.00 bits per heavy atom. The molecule has 0 fully saturated rings. The summed E-state index contributed by atoms with van der Waals surface area (Å²) in [5.74, 6) is -0.480. The van der Waals surface area contributed by atoms with Crippen LogP contribution in [0.4, 0.5) is 23.1 Å². The van der Waals surface area contributed by atoms with E-state index in [4.69, 9.17) is 0 Å². The van der Waals surface area contributed by atoms with Crippen molar-refractivity contribution in [1.29, 1.82) is 0 Å². The van der Waals surface area contributed by atoms with Gasteiger partial charge >= 0.3 is 12.2 Å². The molecule has 0 bridgehead atoms. The predicted octanol–water partition coefficient (Wildman–Crippen LogP) is 1.74. The average Bonchev–Trinajstić information content (AvgIpc) is 3.04.